The van der Waals surface area contributed by atoms with Crippen LogP contribution in [-0.4, -0.2) is 41.9 Å². The Kier molecular flexibility index (Phi) is 8.13. The van der Waals surface area contributed by atoms with Crippen molar-refractivity contribution in [3.8, 4) is 23.0 Å². The van der Waals surface area contributed by atoms with Crippen molar-refractivity contribution >= 4 is 11.6 Å². The molecule has 3 aromatic heterocycles. The summed E-state index contributed by atoms with van der Waals surface area (Å²) < 4.78 is 35.3. The van der Waals surface area contributed by atoms with Crippen LogP contribution < -0.4 is 5.69 Å². The van der Waals surface area contributed by atoms with E-state index in [0.717, 1.165) is 6.07 Å². The van der Waals surface area contributed by atoms with E-state index in [-0.39, 0.29) is 12.8 Å². The van der Waals surface area contributed by atoms with Gasteiger partial charge in [0.15, 0.2) is 5.65 Å². The number of nitrogens with one attached hydrogen (secondary N) is 1. The van der Waals surface area contributed by atoms with Gasteiger partial charge in [0, 0.05) is 28.8 Å². The van der Waals surface area contributed by atoms with Gasteiger partial charge in [-0.1, -0.05) is 5.92 Å². The molecule has 0 unspecified atom stereocenters. The van der Waals surface area contributed by atoms with Crippen LogP contribution in [0.2, 0.25) is 0 Å². The zero-order valence-corrected chi connectivity index (χ0v) is 23.8. The molecule has 4 aromatic rings. The number of aromatic amines is 1. The molecule has 41 heavy (non-hydrogen) atoms. The molecule has 1 atom stereocenters. The molecule has 0 aliphatic rings. The van der Waals surface area contributed by atoms with Crippen LogP contribution in [0.5, 0.6) is 0 Å². The third-order valence-corrected chi connectivity index (χ3v) is 6.16. The van der Waals surface area contributed by atoms with Gasteiger partial charge in [-0.2, -0.15) is 5.10 Å². The Morgan fingerprint density at radius 1 is 1.07 bits per heavy atom. The molecule has 10 heteroatoms. The first-order chi connectivity index (χ1) is 19.1. The molecule has 0 aliphatic heterocycles. The number of carbonyl (C=O) groups excluding carboxylic acids is 1. The maximum absolute atomic E-state index is 14.2. The number of H-pyrrole nitrogens is 1. The molecule has 0 aliphatic carbocycles. The fourth-order valence-corrected chi connectivity index (χ4v) is 4.59. The first-order valence-corrected chi connectivity index (χ1v) is 13.1. The number of fused-ring (bicyclic) bond motifs is 1. The number of aromatic nitrogens is 4. The molecule has 2 N–H and O–H groups in total. The second-order valence-corrected chi connectivity index (χ2v) is 11.5. The molecule has 0 saturated carbocycles. The van der Waals surface area contributed by atoms with Gasteiger partial charge in [-0.15, -0.1) is 0 Å². The first-order valence-electron chi connectivity index (χ1n) is 13.1. The van der Waals surface area contributed by atoms with E-state index in [0.29, 0.717) is 39.4 Å². The van der Waals surface area contributed by atoms with Gasteiger partial charge in [-0.25, -0.2) is 28.1 Å². The van der Waals surface area contributed by atoms with E-state index >= 15 is 0 Å². The van der Waals surface area contributed by atoms with Crippen LogP contribution in [0.1, 0.15) is 69.6 Å². The summed E-state index contributed by atoms with van der Waals surface area (Å²) in [5, 5.41) is 16.6. The van der Waals surface area contributed by atoms with E-state index in [1.165, 1.54) is 16.5 Å². The summed E-state index contributed by atoms with van der Waals surface area (Å²) >= 11 is 0. The standard InChI is InChI=1S/C31H32F2N4O4/c1-18-24(9-10-26-35-36-29(39)37(18)26)25-8-7-23(11-12-31(5,6)40)34-28(25)20(16-27(38)41-30(2,3)4)13-19-14-21(32)17-22(33)15-19/h7-10,14-15,17,20,40H,13,16H2,1-6H3,(H,36,39)/t20-/m1/s1. The molecule has 4 rings (SSSR count). The van der Waals surface area contributed by atoms with Crippen molar-refractivity contribution in [3.05, 3.63) is 87.2 Å². The van der Waals surface area contributed by atoms with Crippen LogP contribution in [0, 0.1) is 30.4 Å². The molecule has 0 radical (unpaired) electrons. The molecule has 0 bridgehead atoms. The Hall–Kier alpha value is -4.36. The minimum Gasteiger partial charge on any atom is -0.460 e. The maximum atomic E-state index is 14.2. The lowest BCUT2D eigenvalue weighted by Gasteiger charge is -2.24. The highest BCUT2D eigenvalue weighted by Crippen LogP contribution is 2.35. The van der Waals surface area contributed by atoms with Gasteiger partial charge in [0.2, 0.25) is 0 Å². The van der Waals surface area contributed by atoms with Crippen molar-refractivity contribution in [1.82, 2.24) is 19.6 Å². The fourth-order valence-electron chi connectivity index (χ4n) is 4.59. The Bertz CT molecular complexity index is 1710. The van der Waals surface area contributed by atoms with Crippen LogP contribution in [-0.2, 0) is 16.0 Å². The summed E-state index contributed by atoms with van der Waals surface area (Å²) in [7, 11) is 0. The van der Waals surface area contributed by atoms with Crippen molar-refractivity contribution in [2.45, 2.75) is 71.5 Å². The molecule has 0 fully saturated rings. The zero-order valence-electron chi connectivity index (χ0n) is 23.8. The van der Waals surface area contributed by atoms with Crippen molar-refractivity contribution in [3.63, 3.8) is 0 Å². The Labute approximate surface area is 236 Å². The summed E-state index contributed by atoms with van der Waals surface area (Å²) in [6.45, 7) is 10.1. The van der Waals surface area contributed by atoms with Gasteiger partial charge in [0.05, 0.1) is 12.1 Å². The van der Waals surface area contributed by atoms with Gasteiger partial charge in [0.1, 0.15) is 28.5 Å². The van der Waals surface area contributed by atoms with Crippen molar-refractivity contribution < 1.29 is 23.4 Å². The molecule has 0 spiro atoms. The summed E-state index contributed by atoms with van der Waals surface area (Å²) in [6, 6.07) is 10.1. The van der Waals surface area contributed by atoms with Gasteiger partial charge in [-0.3, -0.25) is 4.79 Å². The van der Waals surface area contributed by atoms with E-state index < -0.39 is 40.4 Å². The van der Waals surface area contributed by atoms with E-state index in [9.17, 15) is 23.5 Å². The van der Waals surface area contributed by atoms with Crippen LogP contribution in [0.4, 0.5) is 8.78 Å². The lowest BCUT2D eigenvalue weighted by Crippen LogP contribution is -2.25. The topological polar surface area (TPSA) is 110 Å². The normalized spacial score (nSPS) is 12.6. The second kappa shape index (κ2) is 11.3. The summed E-state index contributed by atoms with van der Waals surface area (Å²) in [5.74, 6) is 2.91. The highest BCUT2D eigenvalue weighted by Gasteiger charge is 2.27. The summed E-state index contributed by atoms with van der Waals surface area (Å²) in [6.07, 6.45) is -0.0893. The van der Waals surface area contributed by atoms with E-state index in [2.05, 4.69) is 22.0 Å². The van der Waals surface area contributed by atoms with Gasteiger partial charge < -0.3 is 9.84 Å². The lowest BCUT2D eigenvalue weighted by atomic mass is 9.87. The SMILES string of the molecule is Cc1c(-c2ccc(C#CC(C)(C)O)nc2[C@@H](CC(=O)OC(C)(C)C)Cc2cc(F)cc(F)c2)ccc2n[nH]c(=O)n12. The van der Waals surface area contributed by atoms with Gasteiger partial charge in [-0.05, 0) is 95.8 Å². The van der Waals surface area contributed by atoms with Crippen molar-refractivity contribution in [2.24, 2.45) is 0 Å². The van der Waals surface area contributed by atoms with Crippen LogP contribution in [0.3, 0.4) is 0 Å². The molecule has 0 saturated heterocycles. The third-order valence-electron chi connectivity index (χ3n) is 6.16. The lowest BCUT2D eigenvalue weighted by molar-refractivity contribution is -0.155. The Balaban J connectivity index is 1.94. The molecular formula is C31H32F2N4O4. The van der Waals surface area contributed by atoms with Crippen molar-refractivity contribution in [1.29, 1.82) is 0 Å². The molecule has 3 heterocycles. The number of hydrogen-bond donors (Lipinski definition) is 2. The molecular weight excluding hydrogens is 530 g/mol. The average molecular weight is 563 g/mol. The number of halogens is 2. The molecule has 0 amide bonds. The predicted octanol–water partition coefficient (Wildman–Crippen LogP) is 4.85. The molecule has 214 valence electrons. The first kappa shape index (κ1) is 29.6. The second-order valence-electron chi connectivity index (χ2n) is 11.5. The minimum atomic E-state index is -1.28. The Morgan fingerprint density at radius 3 is 2.37 bits per heavy atom. The highest BCUT2D eigenvalue weighted by molar-refractivity contribution is 5.74. The number of ether oxygens (including phenoxy) is 1. The monoisotopic (exact) mass is 562 g/mol. The number of benzene rings is 1. The fraction of sp³-hybridized carbons (Fsp3) is 0.355. The largest absolute Gasteiger partial charge is 0.460 e. The molecule has 8 nitrogen and oxygen atoms in total. The van der Waals surface area contributed by atoms with Crippen LogP contribution >= 0.6 is 0 Å². The van der Waals surface area contributed by atoms with E-state index in [1.807, 2.05) is 0 Å². The number of pyridine rings is 2. The number of aliphatic hydroxyl groups is 1. The number of aryl methyl sites for hydroxylation is 1. The number of esters is 1. The van der Waals surface area contributed by atoms with Gasteiger partial charge >= 0.3 is 11.7 Å². The third kappa shape index (κ3) is 7.44. The van der Waals surface area contributed by atoms with Crippen molar-refractivity contribution in [2.75, 3.05) is 0 Å². The summed E-state index contributed by atoms with van der Waals surface area (Å²) in [5.41, 5.74) is 0.865. The number of nitrogens with zero attached hydrogens (tertiary/aromatic N) is 3. The van der Waals surface area contributed by atoms with Gasteiger partial charge in [0.25, 0.3) is 0 Å². The number of carbonyl (C=O) groups is 1. The highest BCUT2D eigenvalue weighted by atomic mass is 19.1. The molecule has 1 aromatic carbocycles. The number of rotatable bonds is 6. The average Bonchev–Trinajstić information content (AvgIpc) is 3.22. The quantitative estimate of drug-likeness (QED) is 0.257. The van der Waals surface area contributed by atoms with E-state index in [1.54, 1.807) is 65.8 Å². The minimum absolute atomic E-state index is 0.0588. The maximum Gasteiger partial charge on any atom is 0.347 e. The van der Waals surface area contributed by atoms with E-state index in [4.69, 9.17) is 9.72 Å². The number of hydrogen-bond acceptors (Lipinski definition) is 6. The van der Waals surface area contributed by atoms with Crippen LogP contribution in [0.25, 0.3) is 16.8 Å². The Morgan fingerprint density at radius 2 is 1.73 bits per heavy atom. The summed E-state index contributed by atoms with van der Waals surface area (Å²) in [4.78, 5) is 30.3. The van der Waals surface area contributed by atoms with Crippen LogP contribution in [0.15, 0.2) is 47.3 Å². The zero-order chi connectivity index (χ0) is 30.1. The predicted molar refractivity (Wildman–Crippen MR) is 150 cm³/mol. The smallest absolute Gasteiger partial charge is 0.347 e.